The normalized spacial score (nSPS) is 12.0. The monoisotopic (exact) mass is 328 g/mol. The van der Waals surface area contributed by atoms with Gasteiger partial charge in [0.2, 0.25) is 0 Å². The maximum Gasteiger partial charge on any atom is 0.151 e. The fourth-order valence-corrected chi connectivity index (χ4v) is 2.99. The number of rotatable bonds is 2. The molecule has 0 fully saturated rings. The van der Waals surface area contributed by atoms with E-state index in [0.717, 1.165) is 27.3 Å². The standard InChI is InChI=1S/C18H12N6O/c25-16-8-6-12-11-3-1-2-4-13(11)19-17(12)18(16)23-20-10-5-7-14-15(9-10)22-24-21-14/h1-9,19,25H,(H,21,22,24). The fourth-order valence-electron chi connectivity index (χ4n) is 2.99. The first-order valence-corrected chi connectivity index (χ1v) is 7.74. The quantitative estimate of drug-likeness (QED) is 0.409. The third kappa shape index (κ3) is 2.13. The molecule has 0 amide bonds. The molecule has 2 aromatic heterocycles. The summed E-state index contributed by atoms with van der Waals surface area (Å²) in [6.45, 7) is 0. The molecule has 0 aliphatic heterocycles. The maximum absolute atomic E-state index is 10.2. The number of H-pyrrole nitrogens is 2. The Hall–Kier alpha value is -3.74. The van der Waals surface area contributed by atoms with Crippen molar-refractivity contribution in [1.82, 2.24) is 20.4 Å². The van der Waals surface area contributed by atoms with Crippen molar-refractivity contribution in [1.29, 1.82) is 0 Å². The van der Waals surface area contributed by atoms with Crippen molar-refractivity contribution < 1.29 is 5.11 Å². The third-order valence-electron chi connectivity index (χ3n) is 4.20. The van der Waals surface area contributed by atoms with Crippen LogP contribution in [-0.4, -0.2) is 25.5 Å². The van der Waals surface area contributed by atoms with Crippen molar-refractivity contribution in [3.05, 3.63) is 54.6 Å². The Bertz CT molecular complexity index is 1270. The van der Waals surface area contributed by atoms with Crippen molar-refractivity contribution >= 4 is 44.2 Å². The first-order valence-electron chi connectivity index (χ1n) is 7.74. The number of aromatic hydroxyl groups is 1. The summed E-state index contributed by atoms with van der Waals surface area (Å²) in [6, 6.07) is 16.9. The van der Waals surface area contributed by atoms with Crippen LogP contribution in [0.15, 0.2) is 64.8 Å². The second-order valence-corrected chi connectivity index (χ2v) is 5.72. The van der Waals surface area contributed by atoms with Crippen molar-refractivity contribution in [2.75, 3.05) is 0 Å². The zero-order chi connectivity index (χ0) is 16.8. The molecule has 0 saturated heterocycles. The lowest BCUT2D eigenvalue weighted by Gasteiger charge is -2.00. The van der Waals surface area contributed by atoms with Gasteiger partial charge in [-0.05, 0) is 36.4 Å². The van der Waals surface area contributed by atoms with E-state index in [-0.39, 0.29) is 5.75 Å². The highest BCUT2D eigenvalue weighted by Crippen LogP contribution is 2.38. The molecule has 0 spiro atoms. The van der Waals surface area contributed by atoms with Crippen LogP contribution in [0.5, 0.6) is 5.75 Å². The molecule has 3 N–H and O–H groups in total. The lowest BCUT2D eigenvalue weighted by atomic mass is 10.1. The van der Waals surface area contributed by atoms with Crippen molar-refractivity contribution in [2.45, 2.75) is 0 Å². The molecular weight excluding hydrogens is 316 g/mol. The predicted octanol–water partition coefficient (Wildman–Crippen LogP) is 4.71. The van der Waals surface area contributed by atoms with Crippen molar-refractivity contribution in [3.63, 3.8) is 0 Å². The van der Waals surface area contributed by atoms with E-state index < -0.39 is 0 Å². The first kappa shape index (κ1) is 13.7. The molecule has 0 bridgehead atoms. The molecule has 120 valence electrons. The van der Waals surface area contributed by atoms with Crippen LogP contribution >= 0.6 is 0 Å². The number of fused-ring (bicyclic) bond motifs is 4. The molecule has 0 aliphatic carbocycles. The van der Waals surface area contributed by atoms with Crippen LogP contribution in [-0.2, 0) is 0 Å². The molecule has 0 atom stereocenters. The molecular formula is C18H12N6O. The number of azo groups is 1. The number of hydrogen-bond donors (Lipinski definition) is 3. The molecule has 5 aromatic rings. The number of aromatic amines is 2. The Balaban J connectivity index is 1.67. The van der Waals surface area contributed by atoms with Gasteiger partial charge >= 0.3 is 0 Å². The molecule has 0 radical (unpaired) electrons. The molecule has 25 heavy (non-hydrogen) atoms. The molecule has 3 aromatic carbocycles. The largest absolute Gasteiger partial charge is 0.506 e. The Morgan fingerprint density at radius 3 is 2.68 bits per heavy atom. The Kier molecular flexibility index (Phi) is 2.81. The summed E-state index contributed by atoms with van der Waals surface area (Å²) < 4.78 is 0. The van der Waals surface area contributed by atoms with Crippen LogP contribution in [0.3, 0.4) is 0 Å². The van der Waals surface area contributed by atoms with E-state index in [0.29, 0.717) is 16.9 Å². The smallest absolute Gasteiger partial charge is 0.151 e. The van der Waals surface area contributed by atoms with Gasteiger partial charge in [0.25, 0.3) is 0 Å². The number of hydrogen-bond acceptors (Lipinski definition) is 5. The lowest BCUT2D eigenvalue weighted by Crippen LogP contribution is -1.73. The Morgan fingerprint density at radius 1 is 0.840 bits per heavy atom. The summed E-state index contributed by atoms with van der Waals surface area (Å²) >= 11 is 0. The van der Waals surface area contributed by atoms with Gasteiger partial charge in [-0.3, -0.25) is 0 Å². The van der Waals surface area contributed by atoms with E-state index >= 15 is 0 Å². The van der Waals surface area contributed by atoms with Crippen molar-refractivity contribution in [2.24, 2.45) is 10.2 Å². The minimum Gasteiger partial charge on any atom is -0.506 e. The van der Waals surface area contributed by atoms with Gasteiger partial charge in [0.1, 0.15) is 16.8 Å². The molecule has 0 unspecified atom stereocenters. The van der Waals surface area contributed by atoms with Gasteiger partial charge in [-0.25, -0.2) is 0 Å². The minimum absolute atomic E-state index is 0.0744. The molecule has 0 saturated carbocycles. The van der Waals surface area contributed by atoms with Gasteiger partial charge in [0.05, 0.1) is 11.2 Å². The average Bonchev–Trinajstić information content (AvgIpc) is 3.24. The van der Waals surface area contributed by atoms with Gasteiger partial charge in [-0.15, -0.1) is 5.11 Å². The SMILES string of the molecule is Oc1ccc2c([nH]c3ccccc32)c1N=Nc1ccc2n[nH]nc2c1. The highest BCUT2D eigenvalue weighted by atomic mass is 16.3. The Morgan fingerprint density at radius 2 is 1.72 bits per heavy atom. The van der Waals surface area contributed by atoms with Crippen LogP contribution in [0.1, 0.15) is 0 Å². The van der Waals surface area contributed by atoms with E-state index in [1.165, 1.54) is 0 Å². The van der Waals surface area contributed by atoms with Gasteiger partial charge in [-0.2, -0.15) is 20.5 Å². The predicted molar refractivity (Wildman–Crippen MR) is 95.5 cm³/mol. The van der Waals surface area contributed by atoms with Crippen LogP contribution < -0.4 is 0 Å². The second-order valence-electron chi connectivity index (χ2n) is 5.72. The topological polar surface area (TPSA) is 102 Å². The Labute approximate surface area is 141 Å². The molecule has 0 aliphatic rings. The third-order valence-corrected chi connectivity index (χ3v) is 4.20. The van der Waals surface area contributed by atoms with Gasteiger partial charge < -0.3 is 10.1 Å². The summed E-state index contributed by atoms with van der Waals surface area (Å²) in [7, 11) is 0. The highest BCUT2D eigenvalue weighted by Gasteiger charge is 2.11. The van der Waals surface area contributed by atoms with Gasteiger partial charge in [-0.1, -0.05) is 18.2 Å². The maximum atomic E-state index is 10.2. The lowest BCUT2D eigenvalue weighted by molar-refractivity contribution is 0.477. The average molecular weight is 328 g/mol. The van der Waals surface area contributed by atoms with E-state index in [1.54, 1.807) is 18.2 Å². The first-order chi connectivity index (χ1) is 12.3. The van der Waals surface area contributed by atoms with Crippen LogP contribution in [0.4, 0.5) is 11.4 Å². The summed E-state index contributed by atoms with van der Waals surface area (Å²) in [5, 5.41) is 31.5. The zero-order valence-corrected chi connectivity index (χ0v) is 12.9. The van der Waals surface area contributed by atoms with E-state index in [1.807, 2.05) is 36.4 Å². The van der Waals surface area contributed by atoms with Gasteiger partial charge in [0.15, 0.2) is 5.69 Å². The number of nitrogens with zero attached hydrogens (tertiary/aromatic N) is 4. The number of aromatic nitrogens is 4. The molecule has 2 heterocycles. The number of phenols is 1. The molecule has 5 rings (SSSR count). The fraction of sp³-hybridized carbons (Fsp3) is 0. The van der Waals surface area contributed by atoms with Gasteiger partial charge in [0, 0.05) is 16.3 Å². The number of phenolic OH excluding ortho intramolecular Hbond substituents is 1. The number of nitrogens with one attached hydrogen (secondary N) is 2. The summed E-state index contributed by atoms with van der Waals surface area (Å²) in [4.78, 5) is 3.31. The minimum atomic E-state index is 0.0744. The van der Waals surface area contributed by atoms with E-state index in [9.17, 15) is 5.11 Å². The van der Waals surface area contributed by atoms with Crippen LogP contribution in [0.25, 0.3) is 32.8 Å². The van der Waals surface area contributed by atoms with E-state index in [2.05, 4.69) is 30.6 Å². The summed E-state index contributed by atoms with van der Waals surface area (Å²) in [5.41, 5.74) is 4.27. The van der Waals surface area contributed by atoms with E-state index in [4.69, 9.17) is 0 Å². The highest BCUT2D eigenvalue weighted by molar-refractivity contribution is 6.11. The second kappa shape index (κ2) is 5.13. The molecule has 7 heteroatoms. The van der Waals surface area contributed by atoms with Crippen LogP contribution in [0, 0.1) is 0 Å². The van der Waals surface area contributed by atoms with Crippen LogP contribution in [0.2, 0.25) is 0 Å². The van der Waals surface area contributed by atoms with Crippen molar-refractivity contribution in [3.8, 4) is 5.75 Å². The number of para-hydroxylation sites is 1. The summed E-state index contributed by atoms with van der Waals surface area (Å²) in [6.07, 6.45) is 0. The number of benzene rings is 3. The zero-order valence-electron chi connectivity index (χ0n) is 12.9. The summed E-state index contributed by atoms with van der Waals surface area (Å²) in [5.74, 6) is 0.0744. The molecule has 7 nitrogen and oxygen atoms in total.